The second kappa shape index (κ2) is 3.57. The first-order chi connectivity index (χ1) is 5.61. The summed E-state index contributed by atoms with van der Waals surface area (Å²) in [5.74, 6) is 0. The first-order valence-corrected chi connectivity index (χ1v) is 3.78. The topological polar surface area (TPSA) is 75.3 Å². The summed E-state index contributed by atoms with van der Waals surface area (Å²) in [6.07, 6.45) is 0.906. The molecule has 1 aliphatic rings. The Morgan fingerprint density at radius 3 is 3.09 bits per heavy atom. The molecular formula is C7H14N2O2. The third kappa shape index (κ3) is 2.76. The standard InChI is InChI=1S/C7H14N2O2/c8-5-2-1-3-6(4-5)9-7(10)11/h5-6,9H,1-4,8H2,(H,10,11)/t5-,6+/m1/s1/i4D/t4-,5-,6+. The van der Waals surface area contributed by atoms with Crippen LogP contribution >= 0.6 is 0 Å². The molecule has 1 amide bonds. The molecule has 0 aliphatic heterocycles. The van der Waals surface area contributed by atoms with Gasteiger partial charge in [0.2, 0.25) is 0 Å². The predicted molar refractivity (Wildman–Crippen MR) is 41.4 cm³/mol. The van der Waals surface area contributed by atoms with Crippen LogP contribution in [0.1, 0.15) is 27.0 Å². The molecule has 4 heteroatoms. The van der Waals surface area contributed by atoms with Gasteiger partial charge in [-0.3, -0.25) is 0 Å². The van der Waals surface area contributed by atoms with Crippen molar-refractivity contribution >= 4 is 6.09 Å². The maximum absolute atomic E-state index is 10.3. The third-order valence-electron chi connectivity index (χ3n) is 1.84. The van der Waals surface area contributed by atoms with Crippen LogP contribution in [0.25, 0.3) is 0 Å². The number of carboxylic acid groups (broad SMARTS) is 1. The lowest BCUT2D eigenvalue weighted by molar-refractivity contribution is 0.184. The van der Waals surface area contributed by atoms with Crippen LogP contribution in [0.3, 0.4) is 0 Å². The molecule has 1 rings (SSSR count). The summed E-state index contributed by atoms with van der Waals surface area (Å²) in [6.45, 7) is 0. The monoisotopic (exact) mass is 159 g/mol. The molecule has 1 fully saturated rings. The summed E-state index contributed by atoms with van der Waals surface area (Å²) in [5, 5.41) is 10.7. The Balaban J connectivity index is 2.46. The van der Waals surface area contributed by atoms with E-state index < -0.39 is 12.5 Å². The number of nitrogens with two attached hydrogens (primary N) is 1. The highest BCUT2D eigenvalue weighted by molar-refractivity contribution is 5.64. The Morgan fingerprint density at radius 1 is 1.73 bits per heavy atom. The normalized spacial score (nSPS) is 39.4. The Hall–Kier alpha value is -0.770. The van der Waals surface area contributed by atoms with Crippen molar-refractivity contribution in [3.05, 3.63) is 0 Å². The Kier molecular flexibility index (Phi) is 2.24. The molecule has 4 nitrogen and oxygen atoms in total. The van der Waals surface area contributed by atoms with Crippen molar-refractivity contribution in [2.45, 2.75) is 37.7 Å². The van der Waals surface area contributed by atoms with Crippen molar-refractivity contribution in [1.29, 1.82) is 0 Å². The third-order valence-corrected chi connectivity index (χ3v) is 1.84. The Labute approximate surface area is 67.2 Å². The molecule has 1 aliphatic carbocycles. The van der Waals surface area contributed by atoms with Crippen LogP contribution in [-0.2, 0) is 0 Å². The average molecular weight is 159 g/mol. The van der Waals surface area contributed by atoms with Gasteiger partial charge in [-0.05, 0) is 25.7 Å². The molecule has 0 unspecified atom stereocenters. The van der Waals surface area contributed by atoms with Crippen molar-refractivity contribution in [1.82, 2.24) is 5.32 Å². The van der Waals surface area contributed by atoms with Crippen molar-refractivity contribution < 1.29 is 11.3 Å². The predicted octanol–water partition coefficient (Wildman–Crippen LogP) is 0.524. The highest BCUT2D eigenvalue weighted by atomic mass is 16.4. The fourth-order valence-electron chi connectivity index (χ4n) is 1.34. The summed E-state index contributed by atoms with van der Waals surface area (Å²) in [6, 6.07) is -0.471. The zero-order valence-electron chi connectivity index (χ0n) is 7.29. The second-order valence-electron chi connectivity index (χ2n) is 2.84. The molecule has 0 aromatic heterocycles. The number of hydrogen-bond acceptors (Lipinski definition) is 2. The van der Waals surface area contributed by atoms with Crippen LogP contribution in [0.4, 0.5) is 4.79 Å². The molecule has 1 saturated carbocycles. The van der Waals surface area contributed by atoms with Crippen molar-refractivity contribution in [3.8, 4) is 0 Å². The summed E-state index contributed by atoms with van der Waals surface area (Å²) >= 11 is 0. The second-order valence-corrected chi connectivity index (χ2v) is 2.84. The molecule has 3 atom stereocenters. The number of hydrogen-bond donors (Lipinski definition) is 3. The first-order valence-electron chi connectivity index (χ1n) is 4.36. The number of nitrogens with one attached hydrogen (secondary N) is 1. The van der Waals surface area contributed by atoms with Gasteiger partial charge in [-0.25, -0.2) is 4.79 Å². The van der Waals surface area contributed by atoms with Crippen LogP contribution in [0.2, 0.25) is 0 Å². The molecule has 0 spiro atoms. The van der Waals surface area contributed by atoms with E-state index in [4.69, 9.17) is 12.2 Å². The zero-order valence-corrected chi connectivity index (χ0v) is 6.29. The van der Waals surface area contributed by atoms with E-state index >= 15 is 0 Å². The minimum absolute atomic E-state index is 0.185. The highest BCUT2D eigenvalue weighted by Crippen LogP contribution is 2.16. The van der Waals surface area contributed by atoms with Crippen molar-refractivity contribution in [2.75, 3.05) is 0 Å². The maximum Gasteiger partial charge on any atom is 0.404 e. The average Bonchev–Trinajstić information content (AvgIpc) is 1.98. The number of amides is 1. The van der Waals surface area contributed by atoms with Gasteiger partial charge in [0.15, 0.2) is 0 Å². The lowest BCUT2D eigenvalue weighted by atomic mass is 9.92. The Bertz CT molecular complexity index is 177. The Morgan fingerprint density at radius 2 is 2.45 bits per heavy atom. The molecule has 0 bridgehead atoms. The molecule has 0 radical (unpaired) electrons. The van der Waals surface area contributed by atoms with E-state index in [1.165, 1.54) is 0 Å². The summed E-state index contributed by atoms with van der Waals surface area (Å²) < 4.78 is 7.58. The summed E-state index contributed by atoms with van der Waals surface area (Å²) in [7, 11) is 0. The maximum atomic E-state index is 10.3. The van der Waals surface area contributed by atoms with E-state index in [1.54, 1.807) is 0 Å². The van der Waals surface area contributed by atoms with Gasteiger partial charge >= 0.3 is 6.09 Å². The van der Waals surface area contributed by atoms with Gasteiger partial charge in [-0.1, -0.05) is 0 Å². The molecule has 0 aromatic carbocycles. The molecule has 0 heterocycles. The molecule has 0 aromatic rings. The lowest BCUT2D eigenvalue weighted by Crippen LogP contribution is -2.41. The van der Waals surface area contributed by atoms with E-state index in [-0.39, 0.29) is 12.1 Å². The van der Waals surface area contributed by atoms with Crippen LogP contribution in [0.15, 0.2) is 0 Å². The molecule has 11 heavy (non-hydrogen) atoms. The van der Waals surface area contributed by atoms with Gasteiger partial charge in [0.1, 0.15) is 0 Å². The fourth-order valence-corrected chi connectivity index (χ4v) is 1.34. The van der Waals surface area contributed by atoms with Crippen molar-refractivity contribution in [2.24, 2.45) is 5.73 Å². The van der Waals surface area contributed by atoms with Crippen LogP contribution < -0.4 is 11.1 Å². The number of carbonyl (C=O) groups is 1. The smallest absolute Gasteiger partial charge is 0.404 e. The van der Waals surface area contributed by atoms with Crippen LogP contribution in [-0.4, -0.2) is 23.3 Å². The fraction of sp³-hybridized carbons (Fsp3) is 0.857. The van der Waals surface area contributed by atoms with Gasteiger partial charge in [0.05, 0.1) is 0 Å². The minimum atomic E-state index is -1.06. The zero-order chi connectivity index (χ0) is 9.14. The van der Waals surface area contributed by atoms with E-state index in [0.29, 0.717) is 0 Å². The molecule has 0 saturated heterocycles. The molecular weight excluding hydrogens is 144 g/mol. The van der Waals surface area contributed by atoms with E-state index in [9.17, 15) is 4.79 Å². The van der Waals surface area contributed by atoms with E-state index in [2.05, 4.69) is 5.32 Å². The van der Waals surface area contributed by atoms with Gasteiger partial charge in [0, 0.05) is 13.5 Å². The summed E-state index contributed by atoms with van der Waals surface area (Å²) in [5.41, 5.74) is 5.62. The van der Waals surface area contributed by atoms with Crippen LogP contribution in [0.5, 0.6) is 0 Å². The van der Waals surface area contributed by atoms with Gasteiger partial charge in [0.25, 0.3) is 0 Å². The molecule has 64 valence electrons. The first kappa shape index (κ1) is 6.91. The highest BCUT2D eigenvalue weighted by Gasteiger charge is 2.19. The quantitative estimate of drug-likeness (QED) is 0.522. The largest absolute Gasteiger partial charge is 0.465 e. The molecule has 4 N–H and O–H groups in total. The van der Waals surface area contributed by atoms with Gasteiger partial charge in [-0.2, -0.15) is 0 Å². The van der Waals surface area contributed by atoms with E-state index in [1.807, 2.05) is 0 Å². The summed E-state index contributed by atoms with van der Waals surface area (Å²) in [4.78, 5) is 10.3. The number of rotatable bonds is 1. The van der Waals surface area contributed by atoms with Crippen molar-refractivity contribution in [3.63, 3.8) is 0 Å². The van der Waals surface area contributed by atoms with E-state index in [0.717, 1.165) is 19.3 Å². The van der Waals surface area contributed by atoms with Crippen LogP contribution in [0, 0.1) is 0 Å². The SMILES string of the molecule is [2H][C@@H]1[C@H](N)CCC[C@@H]1NC(=O)O. The van der Waals surface area contributed by atoms with Gasteiger partial charge < -0.3 is 16.2 Å². The lowest BCUT2D eigenvalue weighted by Gasteiger charge is -2.26. The minimum Gasteiger partial charge on any atom is -0.465 e. The van der Waals surface area contributed by atoms with Gasteiger partial charge in [-0.15, -0.1) is 0 Å².